The van der Waals surface area contributed by atoms with E-state index in [0.29, 0.717) is 12.1 Å². The Labute approximate surface area is 118 Å². The first kappa shape index (κ1) is 13.2. The summed E-state index contributed by atoms with van der Waals surface area (Å²) in [5, 5.41) is 5.88. The molecule has 2 aromatic rings. The molecule has 2 rings (SSSR count). The molecule has 0 aliphatic rings. The summed E-state index contributed by atoms with van der Waals surface area (Å²) in [4.78, 5) is 16.2. The van der Waals surface area contributed by atoms with Gasteiger partial charge in [-0.25, -0.2) is 4.98 Å². The van der Waals surface area contributed by atoms with E-state index in [2.05, 4.69) is 26.2 Å². The Hall–Kier alpha value is -1.20. The maximum atomic E-state index is 12.0. The molecule has 0 atom stereocenters. The minimum Gasteiger partial charge on any atom is -0.352 e. The van der Waals surface area contributed by atoms with Crippen molar-refractivity contribution in [3.05, 3.63) is 50.4 Å². The Morgan fingerprint density at radius 2 is 2.33 bits per heavy atom. The minimum absolute atomic E-state index is 0.0536. The van der Waals surface area contributed by atoms with Crippen LogP contribution in [0, 0.1) is 6.92 Å². The number of aromatic nitrogens is 1. The fourth-order valence-electron chi connectivity index (χ4n) is 1.58. The summed E-state index contributed by atoms with van der Waals surface area (Å²) in [7, 11) is 0. The lowest BCUT2D eigenvalue weighted by Gasteiger charge is -2.07. The summed E-state index contributed by atoms with van der Waals surface area (Å²) in [6.45, 7) is 2.57. The molecule has 1 aromatic heterocycles. The number of nitrogens with one attached hydrogen (secondary N) is 1. The molecule has 0 radical (unpaired) electrons. The van der Waals surface area contributed by atoms with Crippen LogP contribution in [0.2, 0.25) is 0 Å². The van der Waals surface area contributed by atoms with E-state index in [1.165, 1.54) is 0 Å². The first-order valence-corrected chi connectivity index (χ1v) is 7.27. The first-order valence-electron chi connectivity index (χ1n) is 5.60. The monoisotopic (exact) mass is 324 g/mol. The SMILES string of the molecule is Cc1cccc(C(=O)NCCc2nccs2)c1Br. The van der Waals surface area contributed by atoms with Gasteiger partial charge in [0, 0.05) is 29.0 Å². The largest absolute Gasteiger partial charge is 0.352 e. The van der Waals surface area contributed by atoms with Crippen LogP contribution >= 0.6 is 27.3 Å². The van der Waals surface area contributed by atoms with E-state index in [9.17, 15) is 4.79 Å². The summed E-state index contributed by atoms with van der Waals surface area (Å²) < 4.78 is 0.858. The summed E-state index contributed by atoms with van der Waals surface area (Å²) in [5.41, 5.74) is 1.73. The van der Waals surface area contributed by atoms with E-state index < -0.39 is 0 Å². The van der Waals surface area contributed by atoms with Gasteiger partial charge in [-0.05, 0) is 34.5 Å². The lowest BCUT2D eigenvalue weighted by molar-refractivity contribution is 0.0953. The fourth-order valence-corrected chi connectivity index (χ4v) is 2.64. The number of hydrogen-bond acceptors (Lipinski definition) is 3. The van der Waals surface area contributed by atoms with Gasteiger partial charge in [-0.3, -0.25) is 4.79 Å². The number of nitrogens with zero attached hydrogens (tertiary/aromatic N) is 1. The van der Waals surface area contributed by atoms with Crippen LogP contribution in [0.1, 0.15) is 20.9 Å². The van der Waals surface area contributed by atoms with Gasteiger partial charge in [0.15, 0.2) is 0 Å². The van der Waals surface area contributed by atoms with Crippen molar-refractivity contribution in [3.8, 4) is 0 Å². The van der Waals surface area contributed by atoms with Crippen LogP contribution in [0.4, 0.5) is 0 Å². The number of benzene rings is 1. The number of carbonyl (C=O) groups excluding carboxylic acids is 1. The molecule has 94 valence electrons. The quantitative estimate of drug-likeness (QED) is 0.938. The van der Waals surface area contributed by atoms with Gasteiger partial charge in [-0.2, -0.15) is 0 Å². The molecular formula is C13H13BrN2OS. The van der Waals surface area contributed by atoms with Crippen LogP contribution in [0.3, 0.4) is 0 Å². The van der Waals surface area contributed by atoms with Gasteiger partial charge in [-0.15, -0.1) is 11.3 Å². The Morgan fingerprint density at radius 3 is 3.06 bits per heavy atom. The highest BCUT2D eigenvalue weighted by Gasteiger charge is 2.10. The molecule has 0 spiro atoms. The Kier molecular flexibility index (Phi) is 4.49. The van der Waals surface area contributed by atoms with Crippen LogP contribution in [0.15, 0.2) is 34.2 Å². The molecule has 1 heterocycles. The van der Waals surface area contributed by atoms with Crippen molar-refractivity contribution in [2.75, 3.05) is 6.54 Å². The zero-order valence-corrected chi connectivity index (χ0v) is 12.3. The molecule has 1 aromatic carbocycles. The molecule has 0 aliphatic carbocycles. The summed E-state index contributed by atoms with van der Waals surface area (Å²) >= 11 is 5.04. The van der Waals surface area contributed by atoms with Gasteiger partial charge in [0.25, 0.3) is 5.91 Å². The second-order valence-corrected chi connectivity index (χ2v) is 5.64. The highest BCUT2D eigenvalue weighted by atomic mass is 79.9. The van der Waals surface area contributed by atoms with Crippen molar-refractivity contribution >= 4 is 33.2 Å². The molecule has 1 amide bonds. The molecule has 0 aliphatic heterocycles. The average molecular weight is 325 g/mol. The Morgan fingerprint density at radius 1 is 1.50 bits per heavy atom. The number of rotatable bonds is 4. The van der Waals surface area contributed by atoms with Gasteiger partial charge in [-0.1, -0.05) is 12.1 Å². The van der Waals surface area contributed by atoms with Crippen molar-refractivity contribution < 1.29 is 4.79 Å². The number of carbonyl (C=O) groups is 1. The second kappa shape index (κ2) is 6.11. The highest BCUT2D eigenvalue weighted by Crippen LogP contribution is 2.20. The van der Waals surface area contributed by atoms with E-state index in [1.54, 1.807) is 17.5 Å². The average Bonchev–Trinajstić information content (AvgIpc) is 2.85. The van der Waals surface area contributed by atoms with Gasteiger partial charge in [0.05, 0.1) is 10.6 Å². The third-order valence-corrected chi connectivity index (χ3v) is 4.44. The van der Waals surface area contributed by atoms with Crippen molar-refractivity contribution in [2.45, 2.75) is 13.3 Å². The van der Waals surface area contributed by atoms with Crippen molar-refractivity contribution in [3.63, 3.8) is 0 Å². The van der Waals surface area contributed by atoms with Gasteiger partial charge < -0.3 is 5.32 Å². The summed E-state index contributed by atoms with van der Waals surface area (Å²) in [6.07, 6.45) is 2.55. The van der Waals surface area contributed by atoms with Gasteiger partial charge in [0.2, 0.25) is 0 Å². The number of halogens is 1. The van der Waals surface area contributed by atoms with Crippen molar-refractivity contribution in [1.29, 1.82) is 0 Å². The summed E-state index contributed by atoms with van der Waals surface area (Å²) in [6, 6.07) is 5.67. The number of hydrogen-bond donors (Lipinski definition) is 1. The number of aryl methyl sites for hydroxylation is 1. The molecule has 3 nitrogen and oxygen atoms in total. The molecule has 0 saturated heterocycles. The van der Waals surface area contributed by atoms with E-state index >= 15 is 0 Å². The summed E-state index contributed by atoms with van der Waals surface area (Å²) in [5.74, 6) is -0.0536. The van der Waals surface area contributed by atoms with Crippen LogP contribution in [0.25, 0.3) is 0 Å². The minimum atomic E-state index is -0.0536. The molecular weight excluding hydrogens is 312 g/mol. The second-order valence-electron chi connectivity index (χ2n) is 3.87. The molecule has 0 saturated carbocycles. The normalized spacial score (nSPS) is 10.3. The van der Waals surface area contributed by atoms with Gasteiger partial charge >= 0.3 is 0 Å². The highest BCUT2D eigenvalue weighted by molar-refractivity contribution is 9.10. The van der Waals surface area contributed by atoms with Crippen LogP contribution in [-0.4, -0.2) is 17.4 Å². The molecule has 5 heteroatoms. The Bertz CT molecular complexity index is 540. The third-order valence-electron chi connectivity index (χ3n) is 2.54. The van der Waals surface area contributed by atoms with Crippen LogP contribution in [-0.2, 0) is 6.42 Å². The molecule has 0 bridgehead atoms. The molecule has 18 heavy (non-hydrogen) atoms. The molecule has 0 fully saturated rings. The topological polar surface area (TPSA) is 42.0 Å². The molecule has 1 N–H and O–H groups in total. The van der Waals surface area contributed by atoms with E-state index in [4.69, 9.17) is 0 Å². The van der Waals surface area contributed by atoms with E-state index in [1.807, 2.05) is 30.5 Å². The zero-order chi connectivity index (χ0) is 13.0. The zero-order valence-electron chi connectivity index (χ0n) is 9.94. The van der Waals surface area contributed by atoms with Crippen molar-refractivity contribution in [2.24, 2.45) is 0 Å². The smallest absolute Gasteiger partial charge is 0.252 e. The first-order chi connectivity index (χ1) is 8.68. The maximum absolute atomic E-state index is 12.0. The number of amides is 1. The lowest BCUT2D eigenvalue weighted by atomic mass is 10.1. The molecule has 0 unspecified atom stereocenters. The van der Waals surface area contributed by atoms with Crippen LogP contribution in [0.5, 0.6) is 0 Å². The maximum Gasteiger partial charge on any atom is 0.252 e. The predicted molar refractivity (Wildman–Crippen MR) is 77.0 cm³/mol. The Balaban J connectivity index is 1.93. The standard InChI is InChI=1S/C13H13BrN2OS/c1-9-3-2-4-10(12(9)14)13(17)16-6-5-11-15-7-8-18-11/h2-4,7-8H,5-6H2,1H3,(H,16,17). The fraction of sp³-hybridized carbons (Fsp3) is 0.231. The van der Waals surface area contributed by atoms with E-state index in [0.717, 1.165) is 21.5 Å². The number of thiazole rings is 1. The lowest BCUT2D eigenvalue weighted by Crippen LogP contribution is -2.26. The van der Waals surface area contributed by atoms with Crippen LogP contribution < -0.4 is 5.32 Å². The third kappa shape index (κ3) is 3.17. The predicted octanol–water partition coefficient (Wildman–Crippen LogP) is 3.19. The van der Waals surface area contributed by atoms with E-state index in [-0.39, 0.29) is 5.91 Å². The van der Waals surface area contributed by atoms with Gasteiger partial charge in [0.1, 0.15) is 0 Å². The van der Waals surface area contributed by atoms with Crippen molar-refractivity contribution in [1.82, 2.24) is 10.3 Å².